The molecule has 144 valence electrons. The highest BCUT2D eigenvalue weighted by Gasteiger charge is 2.24. The molecule has 0 saturated carbocycles. The Bertz CT molecular complexity index is 763. The van der Waals surface area contributed by atoms with Gasteiger partial charge in [-0.1, -0.05) is 12.1 Å². The smallest absolute Gasteiger partial charge is 0.252 e. The maximum atomic E-state index is 12.5. The molecule has 1 N–H and O–H groups in total. The number of benzene rings is 1. The Balaban J connectivity index is 1.41. The van der Waals surface area contributed by atoms with Crippen LogP contribution < -0.4 is 14.8 Å². The van der Waals surface area contributed by atoms with Gasteiger partial charge in [0, 0.05) is 30.5 Å². The summed E-state index contributed by atoms with van der Waals surface area (Å²) in [5.41, 5.74) is 0.663. The number of hydrogen-bond donors (Lipinski definition) is 1. The molecule has 0 radical (unpaired) electrons. The first-order valence-electron chi connectivity index (χ1n) is 9.14. The molecule has 0 aliphatic carbocycles. The zero-order valence-corrected chi connectivity index (χ0v) is 16.2. The van der Waals surface area contributed by atoms with Crippen LogP contribution in [-0.4, -0.2) is 49.1 Å². The van der Waals surface area contributed by atoms with Gasteiger partial charge in [-0.2, -0.15) is 11.3 Å². The molecular formula is C20H24N2O4S. The summed E-state index contributed by atoms with van der Waals surface area (Å²) in [4.78, 5) is 26.1. The zero-order chi connectivity index (χ0) is 19.1. The average molecular weight is 388 g/mol. The van der Waals surface area contributed by atoms with Gasteiger partial charge >= 0.3 is 0 Å². The highest BCUT2D eigenvalue weighted by molar-refractivity contribution is 7.08. The number of carbonyl (C=O) groups is 2. The monoisotopic (exact) mass is 388 g/mol. The van der Waals surface area contributed by atoms with E-state index in [1.165, 1.54) is 11.3 Å². The van der Waals surface area contributed by atoms with E-state index in [4.69, 9.17) is 9.47 Å². The lowest BCUT2D eigenvalue weighted by Gasteiger charge is -2.31. The maximum absolute atomic E-state index is 12.5. The molecule has 2 aromatic rings. The van der Waals surface area contributed by atoms with Crippen LogP contribution in [0.2, 0.25) is 0 Å². The first-order valence-corrected chi connectivity index (χ1v) is 10.1. The number of nitrogens with one attached hydrogen (secondary N) is 1. The van der Waals surface area contributed by atoms with Crippen LogP contribution >= 0.6 is 11.3 Å². The summed E-state index contributed by atoms with van der Waals surface area (Å²) in [7, 11) is 0. The summed E-state index contributed by atoms with van der Waals surface area (Å²) >= 11 is 1.49. The van der Waals surface area contributed by atoms with Gasteiger partial charge in [-0.15, -0.1) is 0 Å². The van der Waals surface area contributed by atoms with Crippen molar-refractivity contribution in [3.63, 3.8) is 0 Å². The minimum atomic E-state index is -0.179. The predicted octanol–water partition coefficient (Wildman–Crippen LogP) is 2.95. The molecule has 7 heteroatoms. The van der Waals surface area contributed by atoms with Crippen LogP contribution in [0.3, 0.4) is 0 Å². The first-order chi connectivity index (χ1) is 13.2. The van der Waals surface area contributed by atoms with Crippen LogP contribution in [0.25, 0.3) is 0 Å². The summed E-state index contributed by atoms with van der Waals surface area (Å²) < 4.78 is 11.6. The fourth-order valence-electron chi connectivity index (χ4n) is 2.90. The van der Waals surface area contributed by atoms with Crippen LogP contribution in [0.5, 0.6) is 11.5 Å². The van der Waals surface area contributed by atoms with Gasteiger partial charge in [-0.3, -0.25) is 9.59 Å². The van der Waals surface area contributed by atoms with Crippen LogP contribution in [0, 0.1) is 0 Å². The van der Waals surface area contributed by atoms with Gasteiger partial charge in [-0.05, 0) is 36.9 Å². The first kappa shape index (κ1) is 19.2. The number of ether oxygens (including phenoxy) is 2. The average Bonchev–Trinajstić information content (AvgIpc) is 3.24. The Morgan fingerprint density at radius 2 is 2.07 bits per heavy atom. The van der Waals surface area contributed by atoms with E-state index in [1.807, 2.05) is 41.9 Å². The summed E-state index contributed by atoms with van der Waals surface area (Å²) in [6.07, 6.45) is 0.819. The number of rotatable bonds is 8. The number of amides is 2. The van der Waals surface area contributed by atoms with Crippen LogP contribution in [0.15, 0.2) is 41.1 Å². The van der Waals surface area contributed by atoms with E-state index >= 15 is 0 Å². The van der Waals surface area contributed by atoms with E-state index in [9.17, 15) is 9.59 Å². The van der Waals surface area contributed by atoms with Gasteiger partial charge in [0.1, 0.15) is 6.61 Å². The SMILES string of the molecule is CCN(CC1COc2ccccc2O1)C(=O)CCCNC(=O)c1ccsc1. The third-order valence-corrected chi connectivity index (χ3v) is 5.05. The van der Waals surface area contributed by atoms with Crippen molar-refractivity contribution in [2.45, 2.75) is 25.9 Å². The molecule has 1 aliphatic heterocycles. The van der Waals surface area contributed by atoms with E-state index in [0.717, 1.165) is 5.75 Å². The molecule has 0 saturated heterocycles. The van der Waals surface area contributed by atoms with E-state index in [1.54, 1.807) is 11.0 Å². The number of nitrogens with zero attached hydrogens (tertiary/aromatic N) is 1. The number of hydrogen-bond acceptors (Lipinski definition) is 5. The molecule has 1 aromatic heterocycles. The van der Waals surface area contributed by atoms with Gasteiger partial charge in [0.05, 0.1) is 6.54 Å². The molecule has 0 fully saturated rings. The third-order valence-electron chi connectivity index (χ3n) is 4.36. The Labute approximate surface area is 163 Å². The van der Waals surface area contributed by atoms with Crippen LogP contribution in [0.1, 0.15) is 30.1 Å². The highest BCUT2D eigenvalue weighted by Crippen LogP contribution is 2.31. The molecular weight excluding hydrogens is 364 g/mol. The molecule has 27 heavy (non-hydrogen) atoms. The molecule has 0 bridgehead atoms. The van der Waals surface area contributed by atoms with Crippen LogP contribution in [0.4, 0.5) is 0 Å². The topological polar surface area (TPSA) is 67.9 Å². The molecule has 0 spiro atoms. The minimum Gasteiger partial charge on any atom is -0.486 e. The zero-order valence-electron chi connectivity index (χ0n) is 15.3. The summed E-state index contributed by atoms with van der Waals surface area (Å²) in [5.74, 6) is 1.42. The lowest BCUT2D eigenvalue weighted by Crippen LogP contribution is -2.43. The third kappa shape index (κ3) is 5.23. The standard InChI is InChI=1S/C20H24N2O4S/c1-2-22(12-16-13-25-17-6-3-4-7-18(17)26-16)19(23)8-5-10-21-20(24)15-9-11-27-14-15/h3-4,6-7,9,11,14,16H,2,5,8,10,12-13H2,1H3,(H,21,24). The van der Waals surface area contributed by atoms with E-state index in [2.05, 4.69) is 5.32 Å². The molecule has 2 amide bonds. The largest absolute Gasteiger partial charge is 0.486 e. The molecule has 3 rings (SSSR count). The fourth-order valence-corrected chi connectivity index (χ4v) is 3.54. The summed E-state index contributed by atoms with van der Waals surface area (Å²) in [5, 5.41) is 6.52. The lowest BCUT2D eigenvalue weighted by molar-refractivity contribution is -0.132. The molecule has 1 aliphatic rings. The maximum Gasteiger partial charge on any atom is 0.252 e. The Hall–Kier alpha value is -2.54. The number of thiophene rings is 1. The normalized spacial score (nSPS) is 15.2. The van der Waals surface area contributed by atoms with E-state index in [0.29, 0.717) is 50.4 Å². The predicted molar refractivity (Wildman–Crippen MR) is 104 cm³/mol. The second-order valence-corrected chi connectivity index (χ2v) is 7.08. The van der Waals surface area contributed by atoms with Crippen molar-refractivity contribution in [2.24, 2.45) is 0 Å². The van der Waals surface area contributed by atoms with Crippen molar-refractivity contribution in [1.82, 2.24) is 10.2 Å². The van der Waals surface area contributed by atoms with Crippen molar-refractivity contribution in [3.8, 4) is 11.5 Å². The molecule has 1 aromatic carbocycles. The van der Waals surface area contributed by atoms with E-state index in [-0.39, 0.29) is 17.9 Å². The number of para-hydroxylation sites is 2. The molecule has 2 heterocycles. The second kappa shape index (κ2) is 9.41. The Morgan fingerprint density at radius 1 is 1.26 bits per heavy atom. The van der Waals surface area contributed by atoms with Crippen molar-refractivity contribution < 1.29 is 19.1 Å². The van der Waals surface area contributed by atoms with Crippen molar-refractivity contribution in [1.29, 1.82) is 0 Å². The quantitative estimate of drug-likeness (QED) is 0.706. The van der Waals surface area contributed by atoms with E-state index < -0.39 is 0 Å². The second-order valence-electron chi connectivity index (χ2n) is 6.30. The van der Waals surface area contributed by atoms with Crippen molar-refractivity contribution >= 4 is 23.2 Å². The fraction of sp³-hybridized carbons (Fsp3) is 0.400. The summed E-state index contributed by atoms with van der Waals surface area (Å²) in [6, 6.07) is 9.34. The minimum absolute atomic E-state index is 0.0599. The molecule has 1 atom stereocenters. The summed E-state index contributed by atoms with van der Waals surface area (Å²) in [6.45, 7) is 3.96. The molecule has 6 nitrogen and oxygen atoms in total. The van der Waals surface area contributed by atoms with Gasteiger partial charge in [0.25, 0.3) is 5.91 Å². The van der Waals surface area contributed by atoms with Crippen molar-refractivity contribution in [2.75, 3.05) is 26.2 Å². The Kier molecular flexibility index (Phi) is 6.70. The van der Waals surface area contributed by atoms with Crippen molar-refractivity contribution in [3.05, 3.63) is 46.7 Å². The highest BCUT2D eigenvalue weighted by atomic mass is 32.1. The number of carbonyl (C=O) groups excluding carboxylic acids is 2. The van der Waals surface area contributed by atoms with Gasteiger partial charge in [0.15, 0.2) is 17.6 Å². The van der Waals surface area contributed by atoms with Gasteiger partial charge in [-0.25, -0.2) is 0 Å². The lowest BCUT2D eigenvalue weighted by atomic mass is 10.2. The van der Waals surface area contributed by atoms with Crippen LogP contribution in [-0.2, 0) is 4.79 Å². The number of likely N-dealkylation sites (N-methyl/N-ethyl adjacent to an activating group) is 1. The van der Waals surface area contributed by atoms with Gasteiger partial charge < -0.3 is 19.7 Å². The Morgan fingerprint density at radius 3 is 2.81 bits per heavy atom. The molecule has 1 unspecified atom stereocenters. The van der Waals surface area contributed by atoms with Gasteiger partial charge in [0.2, 0.25) is 5.91 Å². The number of fused-ring (bicyclic) bond motifs is 1.